The van der Waals surface area contributed by atoms with Crippen LogP contribution in [0.5, 0.6) is 0 Å². The number of benzene rings is 3. The van der Waals surface area contributed by atoms with Gasteiger partial charge in [-0.1, -0.05) is 48.0 Å². The Morgan fingerprint density at radius 1 is 1.09 bits per heavy atom. The molecule has 168 valence electrons. The minimum Gasteiger partial charge on any atom is -0.478 e. The quantitative estimate of drug-likeness (QED) is 0.310. The van der Waals surface area contributed by atoms with Gasteiger partial charge < -0.3 is 16.6 Å². The second-order valence-electron chi connectivity index (χ2n) is 7.01. The summed E-state index contributed by atoms with van der Waals surface area (Å²) >= 11 is 6.44. The van der Waals surface area contributed by atoms with E-state index in [-0.39, 0.29) is 39.4 Å². The van der Waals surface area contributed by atoms with E-state index < -0.39 is 32.4 Å². The number of carboxylic acid groups (broad SMARTS) is 1. The molecule has 7 N–H and O–H groups in total. The summed E-state index contributed by atoms with van der Waals surface area (Å²) in [6.07, 6.45) is 5.44. The molecule has 0 heterocycles. The highest BCUT2D eigenvalue weighted by Crippen LogP contribution is 2.44. The van der Waals surface area contributed by atoms with Crippen molar-refractivity contribution in [1.29, 1.82) is 0 Å². The van der Waals surface area contributed by atoms with Gasteiger partial charge in [0.25, 0.3) is 5.91 Å². The summed E-state index contributed by atoms with van der Waals surface area (Å²) in [5.41, 5.74) is 11.7. The molecule has 0 bridgehead atoms. The molecular formula is C23H18ClN3O5S. The fourth-order valence-electron chi connectivity index (χ4n) is 3.59. The lowest BCUT2D eigenvalue weighted by Crippen LogP contribution is -2.24. The molecule has 0 aliphatic heterocycles. The molecule has 1 amide bonds. The molecule has 0 fully saturated rings. The van der Waals surface area contributed by atoms with Crippen LogP contribution < -0.4 is 16.6 Å². The molecule has 0 aliphatic rings. The van der Waals surface area contributed by atoms with Crippen LogP contribution >= 0.6 is 11.6 Å². The van der Waals surface area contributed by atoms with E-state index in [1.54, 1.807) is 30.3 Å². The van der Waals surface area contributed by atoms with E-state index in [0.717, 1.165) is 0 Å². The van der Waals surface area contributed by atoms with Crippen molar-refractivity contribution in [2.45, 2.75) is 11.3 Å². The van der Waals surface area contributed by atoms with Crippen LogP contribution in [0.3, 0.4) is 0 Å². The average Bonchev–Trinajstić information content (AvgIpc) is 2.73. The SMILES string of the molecule is C#CCc1ccc(C(=O)O)c(Cl)c1-c1cc(-c2ccccc2)c(N)c(C(N)=O)c1S(N)(=O)=O. The van der Waals surface area contributed by atoms with Crippen molar-refractivity contribution in [3.05, 3.63) is 70.2 Å². The van der Waals surface area contributed by atoms with Crippen molar-refractivity contribution < 1.29 is 23.1 Å². The summed E-state index contributed by atoms with van der Waals surface area (Å²) in [6, 6.07) is 12.6. The molecule has 0 aromatic heterocycles. The highest BCUT2D eigenvalue weighted by molar-refractivity contribution is 7.89. The normalized spacial score (nSPS) is 11.1. The number of primary amides is 1. The number of hydrogen-bond acceptors (Lipinski definition) is 5. The molecular weight excluding hydrogens is 466 g/mol. The molecule has 3 aromatic rings. The fraction of sp³-hybridized carbons (Fsp3) is 0.0435. The van der Waals surface area contributed by atoms with E-state index in [4.69, 9.17) is 34.6 Å². The summed E-state index contributed by atoms with van der Waals surface area (Å²) in [5.74, 6) is -0.0667. The number of carbonyl (C=O) groups excluding carboxylic acids is 1. The number of anilines is 1. The number of carbonyl (C=O) groups is 2. The van der Waals surface area contributed by atoms with Gasteiger partial charge in [0.1, 0.15) is 4.90 Å². The highest BCUT2D eigenvalue weighted by atomic mass is 35.5. The van der Waals surface area contributed by atoms with Crippen LogP contribution in [0.25, 0.3) is 22.3 Å². The molecule has 8 nitrogen and oxygen atoms in total. The lowest BCUT2D eigenvalue weighted by Gasteiger charge is -2.21. The smallest absolute Gasteiger partial charge is 0.337 e. The van der Waals surface area contributed by atoms with Crippen LogP contribution in [0.1, 0.15) is 26.3 Å². The molecule has 10 heteroatoms. The first-order valence-electron chi connectivity index (χ1n) is 9.32. The van der Waals surface area contributed by atoms with Crippen LogP contribution in [-0.2, 0) is 16.4 Å². The Labute approximate surface area is 195 Å². The van der Waals surface area contributed by atoms with Crippen molar-refractivity contribution in [3.8, 4) is 34.6 Å². The second-order valence-corrected chi connectivity index (χ2v) is 8.89. The number of hydrogen-bond donors (Lipinski definition) is 4. The molecule has 0 saturated heterocycles. The number of aromatic carboxylic acids is 1. The maximum atomic E-state index is 12.7. The third kappa shape index (κ3) is 4.40. The number of terminal acetylenes is 1. The second kappa shape index (κ2) is 8.96. The van der Waals surface area contributed by atoms with E-state index in [1.165, 1.54) is 18.2 Å². The van der Waals surface area contributed by atoms with Gasteiger partial charge in [0.15, 0.2) is 0 Å². The van der Waals surface area contributed by atoms with Gasteiger partial charge in [-0.3, -0.25) is 4.79 Å². The van der Waals surface area contributed by atoms with Gasteiger partial charge in [-0.25, -0.2) is 18.4 Å². The molecule has 0 aliphatic carbocycles. The van der Waals surface area contributed by atoms with Crippen molar-refractivity contribution in [2.24, 2.45) is 10.9 Å². The zero-order valence-corrected chi connectivity index (χ0v) is 18.6. The Hall–Kier alpha value is -3.84. The van der Waals surface area contributed by atoms with Crippen LogP contribution in [0.15, 0.2) is 53.4 Å². The van der Waals surface area contributed by atoms with E-state index in [0.29, 0.717) is 11.1 Å². The van der Waals surface area contributed by atoms with Crippen LogP contribution in [0.4, 0.5) is 5.69 Å². The number of nitrogens with two attached hydrogens (primary N) is 3. The van der Waals surface area contributed by atoms with E-state index in [9.17, 15) is 23.1 Å². The van der Waals surface area contributed by atoms with Crippen LogP contribution in [-0.4, -0.2) is 25.4 Å². The maximum Gasteiger partial charge on any atom is 0.337 e. The predicted octanol–water partition coefficient (Wildman–Crippen LogP) is 2.88. The van der Waals surface area contributed by atoms with Gasteiger partial charge in [-0.15, -0.1) is 12.3 Å². The number of primary sulfonamides is 1. The van der Waals surface area contributed by atoms with Gasteiger partial charge in [-0.05, 0) is 23.3 Å². The van der Waals surface area contributed by atoms with Crippen molar-refractivity contribution in [3.63, 3.8) is 0 Å². The lowest BCUT2D eigenvalue weighted by molar-refractivity contribution is 0.0697. The molecule has 0 radical (unpaired) electrons. The minimum atomic E-state index is -4.60. The lowest BCUT2D eigenvalue weighted by atomic mass is 9.89. The van der Waals surface area contributed by atoms with Gasteiger partial charge >= 0.3 is 5.97 Å². The molecule has 0 atom stereocenters. The van der Waals surface area contributed by atoms with E-state index in [1.807, 2.05) is 0 Å². The first-order valence-corrected chi connectivity index (χ1v) is 11.2. The number of carboxylic acids is 1. The van der Waals surface area contributed by atoms with Crippen molar-refractivity contribution >= 4 is 39.2 Å². The number of sulfonamides is 1. The molecule has 3 rings (SSSR count). The van der Waals surface area contributed by atoms with Crippen molar-refractivity contribution in [1.82, 2.24) is 0 Å². The van der Waals surface area contributed by atoms with Crippen molar-refractivity contribution in [2.75, 3.05) is 5.73 Å². The maximum absolute atomic E-state index is 12.7. The largest absolute Gasteiger partial charge is 0.478 e. The zero-order chi connectivity index (χ0) is 24.5. The summed E-state index contributed by atoms with van der Waals surface area (Å²) in [5, 5.41) is 14.7. The third-order valence-electron chi connectivity index (χ3n) is 4.96. The van der Waals surface area contributed by atoms with Crippen LogP contribution in [0.2, 0.25) is 5.02 Å². The summed E-state index contributed by atoms with van der Waals surface area (Å²) in [4.78, 5) is 23.4. The van der Waals surface area contributed by atoms with Crippen LogP contribution in [0, 0.1) is 12.3 Å². The average molecular weight is 484 g/mol. The third-order valence-corrected chi connectivity index (χ3v) is 6.34. The van der Waals surface area contributed by atoms with Gasteiger partial charge in [-0.2, -0.15) is 0 Å². The number of halogens is 1. The Morgan fingerprint density at radius 3 is 2.24 bits per heavy atom. The molecule has 0 saturated carbocycles. The standard InChI is InChI=1S/C23H18ClN3O5S/c1-2-6-13-9-10-14(23(29)30)19(24)17(13)16-11-15(12-7-4-3-5-8-12)20(25)18(22(26)28)21(16)33(27,31)32/h1,3-5,7-11H,6,25H2,(H2,26,28)(H,29,30)(H2,27,31,32). The molecule has 3 aromatic carbocycles. The predicted molar refractivity (Wildman–Crippen MR) is 126 cm³/mol. The zero-order valence-electron chi connectivity index (χ0n) is 17.0. The monoisotopic (exact) mass is 483 g/mol. The van der Waals surface area contributed by atoms with Gasteiger partial charge in [0.05, 0.1) is 21.8 Å². The number of amides is 1. The van der Waals surface area contributed by atoms with E-state index >= 15 is 0 Å². The van der Waals surface area contributed by atoms with E-state index in [2.05, 4.69) is 5.92 Å². The Kier molecular flexibility index (Phi) is 6.46. The first kappa shape index (κ1) is 23.8. The molecule has 0 unspecified atom stereocenters. The molecule has 33 heavy (non-hydrogen) atoms. The Morgan fingerprint density at radius 2 is 1.73 bits per heavy atom. The number of rotatable bonds is 6. The Balaban J connectivity index is 2.63. The fourth-order valence-corrected chi connectivity index (χ4v) is 4.92. The summed E-state index contributed by atoms with van der Waals surface area (Å²) < 4.78 is 25.3. The Bertz CT molecular complexity index is 1450. The van der Waals surface area contributed by atoms with Gasteiger partial charge in [0, 0.05) is 23.1 Å². The summed E-state index contributed by atoms with van der Waals surface area (Å²) in [6.45, 7) is 0. The molecule has 0 spiro atoms. The minimum absolute atomic E-state index is 0.00165. The topological polar surface area (TPSA) is 167 Å². The number of nitrogen functional groups attached to an aromatic ring is 1. The summed E-state index contributed by atoms with van der Waals surface area (Å²) in [7, 11) is -4.60. The van der Waals surface area contributed by atoms with Gasteiger partial charge in [0.2, 0.25) is 10.0 Å². The highest BCUT2D eigenvalue weighted by Gasteiger charge is 2.31. The first-order chi connectivity index (χ1) is 15.5.